The first-order valence-corrected chi connectivity index (χ1v) is 7.90. The van der Waals surface area contributed by atoms with Crippen molar-refractivity contribution in [3.8, 4) is 0 Å². The Hall–Kier alpha value is -1.57. The maximum atomic E-state index is 11.8. The van der Waals surface area contributed by atoms with Gasteiger partial charge in [-0.15, -0.1) is 0 Å². The van der Waals surface area contributed by atoms with E-state index in [-0.39, 0.29) is 18.4 Å². The molecule has 4 N–H and O–H groups in total. The van der Waals surface area contributed by atoms with Crippen LogP contribution in [0.3, 0.4) is 0 Å². The van der Waals surface area contributed by atoms with Gasteiger partial charge in [0.05, 0.1) is 6.04 Å². The van der Waals surface area contributed by atoms with Gasteiger partial charge in [0.2, 0.25) is 11.8 Å². The van der Waals surface area contributed by atoms with Crippen LogP contribution < -0.4 is 16.4 Å². The maximum Gasteiger partial charge on any atom is 0.250 e. The quantitative estimate of drug-likeness (QED) is 0.672. The Morgan fingerprint density at radius 2 is 1.81 bits per heavy atom. The number of nitrogens with two attached hydrogens (primary N) is 1. The number of ether oxygens (including phenoxy) is 1. The molecule has 0 aliphatic heterocycles. The van der Waals surface area contributed by atoms with Crippen LogP contribution >= 0.6 is 11.8 Å². The maximum absolute atomic E-state index is 11.8. The lowest BCUT2D eigenvalue weighted by Crippen LogP contribution is -2.36. The van der Waals surface area contributed by atoms with Crippen LogP contribution in [-0.2, 0) is 14.3 Å². The molecule has 0 aliphatic rings. The number of nitrogens with one attached hydrogen (secondary N) is 2. The van der Waals surface area contributed by atoms with Crippen molar-refractivity contribution in [2.24, 2.45) is 5.73 Å². The molecule has 0 spiro atoms. The molecule has 0 aliphatic carbocycles. The minimum atomic E-state index is -0.515. The second-order valence-electron chi connectivity index (χ2n) is 4.44. The Labute approximate surface area is 128 Å². The number of carbonyl (C=O) groups excluding carboxylic acids is 2. The first kappa shape index (κ1) is 17.5. The highest BCUT2D eigenvalue weighted by Gasteiger charge is 2.12. The summed E-state index contributed by atoms with van der Waals surface area (Å²) in [6.45, 7) is 0.00276. The number of hydrogen-bond acceptors (Lipinski definition) is 5. The average Bonchev–Trinajstić information content (AvgIpc) is 2.47. The van der Waals surface area contributed by atoms with Crippen LogP contribution in [0.2, 0.25) is 0 Å². The van der Waals surface area contributed by atoms with Crippen LogP contribution in [0.1, 0.15) is 6.42 Å². The molecule has 6 nitrogen and oxygen atoms in total. The number of carbonyl (C=O) groups is 2. The van der Waals surface area contributed by atoms with E-state index in [1.807, 2.05) is 6.26 Å². The first-order valence-electron chi connectivity index (χ1n) is 6.51. The van der Waals surface area contributed by atoms with Crippen molar-refractivity contribution in [3.05, 3.63) is 24.3 Å². The van der Waals surface area contributed by atoms with Gasteiger partial charge in [0.15, 0.2) is 0 Å². The molecule has 0 bridgehead atoms. The lowest BCUT2D eigenvalue weighted by Gasteiger charge is -2.12. The topological polar surface area (TPSA) is 93.5 Å². The number of thioether (sulfide) groups is 1. The van der Waals surface area contributed by atoms with Gasteiger partial charge in [0.1, 0.15) is 6.61 Å². The molecule has 1 aromatic carbocycles. The van der Waals surface area contributed by atoms with Gasteiger partial charge in [-0.2, -0.15) is 11.8 Å². The van der Waals surface area contributed by atoms with Gasteiger partial charge in [-0.25, -0.2) is 0 Å². The molecular formula is C14H21N3O3S. The minimum Gasteiger partial charge on any atom is -0.375 e. The van der Waals surface area contributed by atoms with E-state index < -0.39 is 6.04 Å². The summed E-state index contributed by atoms with van der Waals surface area (Å²) >= 11 is 1.65. The number of methoxy groups -OCH3 is 1. The van der Waals surface area contributed by atoms with Crippen molar-refractivity contribution in [1.82, 2.24) is 0 Å². The van der Waals surface area contributed by atoms with Crippen molar-refractivity contribution >= 4 is 35.0 Å². The molecule has 0 heterocycles. The van der Waals surface area contributed by atoms with E-state index in [1.165, 1.54) is 7.11 Å². The Balaban J connectivity index is 2.50. The smallest absolute Gasteiger partial charge is 0.250 e. The third-order valence-corrected chi connectivity index (χ3v) is 3.33. The lowest BCUT2D eigenvalue weighted by atomic mass is 10.2. The fraction of sp³-hybridized carbons (Fsp3) is 0.429. The summed E-state index contributed by atoms with van der Waals surface area (Å²) in [4.78, 5) is 23.2. The van der Waals surface area contributed by atoms with Crippen molar-refractivity contribution in [2.45, 2.75) is 12.5 Å². The zero-order chi connectivity index (χ0) is 15.7. The second-order valence-corrected chi connectivity index (χ2v) is 5.42. The number of amides is 2. The Kier molecular flexibility index (Phi) is 7.81. The van der Waals surface area contributed by atoms with Crippen LogP contribution in [0, 0.1) is 0 Å². The summed E-state index contributed by atoms with van der Waals surface area (Å²) < 4.78 is 4.73. The van der Waals surface area contributed by atoms with E-state index in [4.69, 9.17) is 10.5 Å². The van der Waals surface area contributed by atoms with Crippen molar-refractivity contribution in [2.75, 3.05) is 36.4 Å². The van der Waals surface area contributed by atoms with E-state index >= 15 is 0 Å². The molecule has 116 valence electrons. The molecule has 2 amide bonds. The third kappa shape index (κ3) is 6.61. The highest BCUT2D eigenvalue weighted by molar-refractivity contribution is 7.98. The van der Waals surface area contributed by atoms with Crippen molar-refractivity contribution < 1.29 is 14.3 Å². The number of rotatable bonds is 8. The third-order valence-electron chi connectivity index (χ3n) is 2.68. The van der Waals surface area contributed by atoms with Gasteiger partial charge in [0, 0.05) is 18.5 Å². The fourth-order valence-corrected chi connectivity index (χ4v) is 2.07. The minimum absolute atomic E-state index is 0.00276. The largest absolute Gasteiger partial charge is 0.375 e. The summed E-state index contributed by atoms with van der Waals surface area (Å²) in [5.41, 5.74) is 7.07. The molecular weight excluding hydrogens is 290 g/mol. The molecule has 0 aromatic heterocycles. The SMILES string of the molecule is COCC(=O)Nc1ccc(NC(=O)[C@H](N)CCSC)cc1. The normalized spacial score (nSPS) is 11.8. The highest BCUT2D eigenvalue weighted by atomic mass is 32.2. The summed E-state index contributed by atoms with van der Waals surface area (Å²) in [6.07, 6.45) is 2.61. The Morgan fingerprint density at radius 1 is 1.24 bits per heavy atom. The molecule has 21 heavy (non-hydrogen) atoms. The average molecular weight is 311 g/mol. The van der Waals surface area contributed by atoms with Gasteiger partial charge in [-0.1, -0.05) is 0 Å². The Morgan fingerprint density at radius 3 is 2.33 bits per heavy atom. The molecule has 0 unspecified atom stereocenters. The molecule has 0 radical (unpaired) electrons. The van der Waals surface area contributed by atoms with Crippen molar-refractivity contribution in [1.29, 1.82) is 0 Å². The van der Waals surface area contributed by atoms with E-state index in [0.29, 0.717) is 17.8 Å². The second kappa shape index (κ2) is 9.38. The molecule has 0 fully saturated rings. The Bertz CT molecular complexity index is 465. The fourth-order valence-electron chi connectivity index (χ4n) is 1.58. The number of hydrogen-bond donors (Lipinski definition) is 3. The summed E-state index contributed by atoms with van der Waals surface area (Å²) in [7, 11) is 1.46. The zero-order valence-corrected chi connectivity index (χ0v) is 13.0. The molecule has 0 saturated heterocycles. The van der Waals surface area contributed by atoms with E-state index in [9.17, 15) is 9.59 Å². The summed E-state index contributed by atoms with van der Waals surface area (Å²) in [5, 5.41) is 5.42. The van der Waals surface area contributed by atoms with E-state index in [0.717, 1.165) is 5.75 Å². The predicted octanol–water partition coefficient (Wildman–Crippen LogP) is 1.29. The molecule has 1 rings (SSSR count). The standard InChI is InChI=1S/C14H21N3O3S/c1-20-9-13(18)16-10-3-5-11(6-4-10)17-14(19)12(15)7-8-21-2/h3-6,12H,7-9,15H2,1-2H3,(H,16,18)(H,17,19)/t12-/m1/s1. The van der Waals surface area contributed by atoms with E-state index in [1.54, 1.807) is 36.0 Å². The first-order chi connectivity index (χ1) is 10.1. The molecule has 7 heteroatoms. The van der Waals surface area contributed by atoms with Gasteiger partial charge in [0.25, 0.3) is 0 Å². The van der Waals surface area contributed by atoms with Gasteiger partial charge < -0.3 is 21.1 Å². The molecule has 1 aromatic rings. The molecule has 1 atom stereocenters. The predicted molar refractivity (Wildman–Crippen MR) is 86.6 cm³/mol. The van der Waals surface area contributed by atoms with Gasteiger partial charge >= 0.3 is 0 Å². The highest BCUT2D eigenvalue weighted by Crippen LogP contribution is 2.14. The van der Waals surface area contributed by atoms with E-state index in [2.05, 4.69) is 10.6 Å². The summed E-state index contributed by atoms with van der Waals surface area (Å²) in [6, 6.07) is 6.31. The lowest BCUT2D eigenvalue weighted by molar-refractivity contribution is -0.119. The van der Waals surface area contributed by atoms with Gasteiger partial charge in [-0.3, -0.25) is 9.59 Å². The van der Waals surface area contributed by atoms with Crippen LogP contribution in [0.5, 0.6) is 0 Å². The van der Waals surface area contributed by atoms with Crippen LogP contribution in [0.4, 0.5) is 11.4 Å². The van der Waals surface area contributed by atoms with Crippen LogP contribution in [0.15, 0.2) is 24.3 Å². The number of anilines is 2. The number of benzene rings is 1. The summed E-state index contributed by atoms with van der Waals surface area (Å²) in [5.74, 6) is 0.410. The zero-order valence-electron chi connectivity index (χ0n) is 12.2. The van der Waals surface area contributed by atoms with Crippen LogP contribution in [0.25, 0.3) is 0 Å². The monoisotopic (exact) mass is 311 g/mol. The molecule has 0 saturated carbocycles. The van der Waals surface area contributed by atoms with Crippen molar-refractivity contribution in [3.63, 3.8) is 0 Å². The van der Waals surface area contributed by atoms with Gasteiger partial charge in [-0.05, 0) is 42.7 Å². The van der Waals surface area contributed by atoms with Crippen LogP contribution in [-0.4, -0.2) is 43.6 Å².